The van der Waals surface area contributed by atoms with Crippen molar-refractivity contribution in [3.8, 4) is 0 Å². The zero-order valence-corrected chi connectivity index (χ0v) is 8.28. The minimum absolute atomic E-state index is 0.365. The number of aliphatic hydroxyl groups is 1. The second kappa shape index (κ2) is 4.43. The molecule has 0 aliphatic carbocycles. The molecule has 1 aliphatic heterocycles. The Morgan fingerprint density at radius 3 is 2.85 bits per heavy atom. The van der Waals surface area contributed by atoms with Crippen LogP contribution in [0.2, 0.25) is 0 Å². The number of nitro groups is 1. The Hall–Kier alpha value is -0.820. The van der Waals surface area contributed by atoms with E-state index in [0.29, 0.717) is 11.6 Å². The molecule has 1 fully saturated rings. The van der Waals surface area contributed by atoms with Crippen LogP contribution in [0.5, 0.6) is 0 Å². The number of nitrogens with zero attached hydrogens (tertiary/aromatic N) is 1. The predicted octanol–water partition coefficient (Wildman–Crippen LogP) is 1.04. The van der Waals surface area contributed by atoms with Gasteiger partial charge in [-0.1, -0.05) is 0 Å². The van der Waals surface area contributed by atoms with Crippen molar-refractivity contribution < 1.29 is 10.0 Å². The molecule has 1 aliphatic rings. The Kier molecular flexibility index (Phi) is 3.49. The molecule has 2 N–H and O–H groups in total. The molecule has 1 saturated heterocycles. The van der Waals surface area contributed by atoms with Crippen molar-refractivity contribution in [2.24, 2.45) is 0 Å². The molecule has 0 amide bonds. The molecule has 0 aromatic rings. The highest BCUT2D eigenvalue weighted by Gasteiger charge is 2.25. The lowest BCUT2D eigenvalue weighted by Gasteiger charge is -2.15. The van der Waals surface area contributed by atoms with E-state index in [-0.39, 0.29) is 5.70 Å². The highest BCUT2D eigenvalue weighted by atomic mass is 32.2. The zero-order valence-electron chi connectivity index (χ0n) is 6.65. The molecule has 0 aromatic heterocycles. The van der Waals surface area contributed by atoms with Gasteiger partial charge in [-0.3, -0.25) is 10.1 Å². The van der Waals surface area contributed by atoms with Crippen LogP contribution in [0.25, 0.3) is 0 Å². The Bertz CT molecular complexity index is 253. The van der Waals surface area contributed by atoms with Gasteiger partial charge in [-0.05, 0) is 18.6 Å². The van der Waals surface area contributed by atoms with Crippen molar-refractivity contribution in [2.75, 3.05) is 12.3 Å². The lowest BCUT2D eigenvalue weighted by Crippen LogP contribution is -2.24. The number of hydrogen-bond acceptors (Lipinski definition) is 5. The summed E-state index contributed by atoms with van der Waals surface area (Å²) in [4.78, 5) is 9.82. The molecule has 0 saturated carbocycles. The van der Waals surface area contributed by atoms with Crippen LogP contribution in [0.1, 0.15) is 6.42 Å². The molecular formula is C6H8N2O3S2. The van der Waals surface area contributed by atoms with Crippen molar-refractivity contribution in [3.63, 3.8) is 0 Å². The predicted molar refractivity (Wildman–Crippen MR) is 54.3 cm³/mol. The smallest absolute Gasteiger partial charge is 0.351 e. The van der Waals surface area contributed by atoms with Crippen LogP contribution in [0.4, 0.5) is 0 Å². The van der Waals surface area contributed by atoms with Crippen LogP contribution in [0.15, 0.2) is 10.7 Å². The van der Waals surface area contributed by atoms with Gasteiger partial charge in [-0.2, -0.15) is 0 Å². The molecule has 0 bridgehead atoms. The third-order valence-corrected chi connectivity index (χ3v) is 2.77. The van der Waals surface area contributed by atoms with E-state index in [2.05, 4.69) is 17.5 Å². The van der Waals surface area contributed by atoms with Crippen molar-refractivity contribution in [1.29, 1.82) is 0 Å². The first-order valence-corrected chi connectivity index (χ1v) is 5.01. The van der Waals surface area contributed by atoms with Gasteiger partial charge in [0.2, 0.25) is 0 Å². The lowest BCUT2D eigenvalue weighted by molar-refractivity contribution is -0.416. The Labute approximate surface area is 84.3 Å². The number of rotatable bonds is 2. The average Bonchev–Trinajstić information content (AvgIpc) is 2.04. The molecule has 0 radical (unpaired) electrons. The molecule has 0 spiro atoms. The molecule has 1 heterocycles. The monoisotopic (exact) mass is 220 g/mol. The molecule has 5 nitrogen and oxygen atoms in total. The van der Waals surface area contributed by atoms with E-state index in [9.17, 15) is 10.1 Å². The average molecular weight is 220 g/mol. The van der Waals surface area contributed by atoms with E-state index in [0.717, 1.165) is 12.2 Å². The van der Waals surface area contributed by atoms with E-state index < -0.39 is 9.97 Å². The number of thiocarbonyl (C=S) groups is 1. The summed E-state index contributed by atoms with van der Waals surface area (Å²) in [5.41, 5.74) is -0.389. The first kappa shape index (κ1) is 10.3. The zero-order chi connectivity index (χ0) is 9.84. The Morgan fingerprint density at radius 1 is 1.77 bits per heavy atom. The lowest BCUT2D eigenvalue weighted by atomic mass is 10.4. The summed E-state index contributed by atoms with van der Waals surface area (Å²) in [6.07, 6.45) is 0.956. The number of nitrogens with one attached hydrogen (secondary N) is 1. The summed E-state index contributed by atoms with van der Waals surface area (Å²) in [7, 11) is 0. The summed E-state index contributed by atoms with van der Waals surface area (Å²) in [5, 5.41) is 21.9. The van der Waals surface area contributed by atoms with Crippen LogP contribution >= 0.6 is 24.0 Å². The number of aliphatic hydroxyl groups excluding tert-OH is 1. The molecule has 7 heteroatoms. The van der Waals surface area contributed by atoms with Crippen molar-refractivity contribution in [3.05, 3.63) is 20.8 Å². The van der Waals surface area contributed by atoms with Crippen LogP contribution < -0.4 is 5.32 Å². The Balaban J connectivity index is 2.93. The fourth-order valence-electron chi connectivity index (χ4n) is 0.910. The quantitative estimate of drug-likeness (QED) is 0.313. The first-order chi connectivity index (χ1) is 6.13. The summed E-state index contributed by atoms with van der Waals surface area (Å²) in [6.45, 7) is 0.683. The van der Waals surface area contributed by atoms with E-state index in [4.69, 9.17) is 5.11 Å². The molecule has 0 unspecified atom stereocenters. The van der Waals surface area contributed by atoms with E-state index in [1.54, 1.807) is 0 Å². The molecule has 0 atom stereocenters. The van der Waals surface area contributed by atoms with Gasteiger partial charge >= 0.3 is 5.70 Å². The maximum absolute atomic E-state index is 10.5. The van der Waals surface area contributed by atoms with Gasteiger partial charge in [0.25, 0.3) is 5.05 Å². The van der Waals surface area contributed by atoms with Crippen molar-refractivity contribution in [1.82, 2.24) is 5.32 Å². The third kappa shape index (κ3) is 2.56. The SMILES string of the molecule is O=[N+]([O-])C(C(O)=S)=C1NCCCS1. The standard InChI is InChI=1S/C6H8N2O3S2/c9-6(12)4(8(10)11)5-7-2-1-3-13-5/h7H,1-3H2,(H,9,12). The van der Waals surface area contributed by atoms with Gasteiger partial charge in [-0.15, -0.1) is 11.8 Å². The fourth-order valence-corrected chi connectivity index (χ4v) is 2.16. The normalized spacial score (nSPS) is 20.3. The topological polar surface area (TPSA) is 75.4 Å². The van der Waals surface area contributed by atoms with Gasteiger partial charge in [0, 0.05) is 12.3 Å². The van der Waals surface area contributed by atoms with E-state index >= 15 is 0 Å². The minimum atomic E-state index is -0.665. The molecule has 72 valence electrons. The second-order valence-electron chi connectivity index (χ2n) is 2.37. The first-order valence-electron chi connectivity index (χ1n) is 3.61. The van der Waals surface area contributed by atoms with Crippen molar-refractivity contribution in [2.45, 2.75) is 6.42 Å². The Morgan fingerprint density at radius 2 is 2.46 bits per heavy atom. The van der Waals surface area contributed by atoms with Crippen molar-refractivity contribution >= 4 is 29.0 Å². The molecular weight excluding hydrogens is 212 g/mol. The highest BCUT2D eigenvalue weighted by Crippen LogP contribution is 2.22. The van der Waals surface area contributed by atoms with Gasteiger partial charge in [0.15, 0.2) is 5.03 Å². The number of thioether (sulfide) groups is 1. The van der Waals surface area contributed by atoms with Crippen LogP contribution in [-0.4, -0.2) is 27.4 Å². The van der Waals surface area contributed by atoms with Crippen LogP contribution in [0.3, 0.4) is 0 Å². The second-order valence-corrected chi connectivity index (χ2v) is 3.86. The maximum atomic E-state index is 10.5. The summed E-state index contributed by atoms with van der Waals surface area (Å²) in [5.74, 6) is 0.808. The van der Waals surface area contributed by atoms with E-state index in [1.165, 1.54) is 11.8 Å². The van der Waals surface area contributed by atoms with Gasteiger partial charge in [0.05, 0.1) is 4.92 Å². The van der Waals surface area contributed by atoms with Gasteiger partial charge in [-0.25, -0.2) is 0 Å². The summed E-state index contributed by atoms with van der Waals surface area (Å²) < 4.78 is 0. The van der Waals surface area contributed by atoms with E-state index in [1.807, 2.05) is 0 Å². The van der Waals surface area contributed by atoms with Crippen LogP contribution in [0, 0.1) is 10.1 Å². The van der Waals surface area contributed by atoms with Gasteiger partial charge < -0.3 is 10.4 Å². The molecule has 1 rings (SSSR count). The largest absolute Gasteiger partial charge is 0.494 e. The highest BCUT2D eigenvalue weighted by molar-refractivity contribution is 8.03. The van der Waals surface area contributed by atoms with Gasteiger partial charge in [0.1, 0.15) is 0 Å². The third-order valence-electron chi connectivity index (χ3n) is 1.45. The maximum Gasteiger partial charge on any atom is 0.351 e. The summed E-state index contributed by atoms with van der Waals surface area (Å²) in [6, 6.07) is 0. The van der Waals surface area contributed by atoms with Crippen LogP contribution in [-0.2, 0) is 0 Å². The minimum Gasteiger partial charge on any atom is -0.494 e. The number of hydrogen-bond donors (Lipinski definition) is 2. The molecule has 0 aromatic carbocycles. The summed E-state index contributed by atoms with van der Waals surface area (Å²) >= 11 is 5.68. The molecule has 13 heavy (non-hydrogen) atoms. The fraction of sp³-hybridized carbons (Fsp3) is 0.500.